The third-order valence-electron chi connectivity index (χ3n) is 5.02. The molecule has 1 aromatic heterocycles. The number of aromatic nitrogens is 2. The van der Waals surface area contributed by atoms with Gasteiger partial charge in [0, 0.05) is 0 Å². The molecule has 3 aromatic rings. The van der Waals surface area contributed by atoms with Gasteiger partial charge >= 0.3 is 18.0 Å². The number of hydrogen-bond donors (Lipinski definition) is 2. The Morgan fingerprint density at radius 3 is 2.00 bits per heavy atom. The molecular formula is C20H10F8N4O2. The van der Waals surface area contributed by atoms with Crippen molar-refractivity contribution >= 4 is 11.7 Å². The summed E-state index contributed by atoms with van der Waals surface area (Å²) in [6, 6.07) is 7.23. The molecule has 0 bridgehead atoms. The lowest BCUT2D eigenvalue weighted by Gasteiger charge is -2.38. The molecular weight excluding hydrogens is 480 g/mol. The van der Waals surface area contributed by atoms with Gasteiger partial charge in [0.1, 0.15) is 28.9 Å². The van der Waals surface area contributed by atoms with Crippen molar-refractivity contribution in [3.8, 4) is 5.69 Å². The molecule has 6 nitrogen and oxygen atoms in total. The van der Waals surface area contributed by atoms with E-state index in [1.165, 1.54) is 4.98 Å². The van der Waals surface area contributed by atoms with Crippen LogP contribution in [0, 0.1) is 11.6 Å². The third kappa shape index (κ3) is 3.36. The largest absolute Gasteiger partial charge is 0.427 e. The SMILES string of the molecule is O=c1[nH]c(=O)n(-c2ccc(F)cc2)c2c1C(C(F)(F)F)(C(F)(F)F)N=C(c1ccccc1F)N2. The van der Waals surface area contributed by atoms with Crippen molar-refractivity contribution < 1.29 is 35.1 Å². The van der Waals surface area contributed by atoms with Gasteiger partial charge in [0.2, 0.25) is 0 Å². The average molecular weight is 490 g/mol. The first-order valence-corrected chi connectivity index (χ1v) is 9.19. The molecule has 0 saturated heterocycles. The van der Waals surface area contributed by atoms with Gasteiger partial charge in [0.25, 0.3) is 11.1 Å². The maximum atomic E-state index is 14.4. The summed E-state index contributed by atoms with van der Waals surface area (Å²) >= 11 is 0. The lowest BCUT2D eigenvalue weighted by atomic mass is 9.87. The number of aromatic amines is 1. The monoisotopic (exact) mass is 490 g/mol. The fourth-order valence-corrected chi connectivity index (χ4v) is 3.54. The highest BCUT2D eigenvalue weighted by Crippen LogP contribution is 2.55. The van der Waals surface area contributed by atoms with Crippen LogP contribution in [0.15, 0.2) is 63.1 Å². The van der Waals surface area contributed by atoms with E-state index in [2.05, 4.69) is 10.3 Å². The van der Waals surface area contributed by atoms with Crippen molar-refractivity contribution in [1.82, 2.24) is 9.55 Å². The van der Waals surface area contributed by atoms with E-state index in [4.69, 9.17) is 0 Å². The van der Waals surface area contributed by atoms with Crippen LogP contribution in [-0.2, 0) is 5.54 Å². The summed E-state index contributed by atoms with van der Waals surface area (Å²) < 4.78 is 113. The fourth-order valence-electron chi connectivity index (χ4n) is 3.54. The van der Waals surface area contributed by atoms with Crippen LogP contribution in [0.2, 0.25) is 0 Å². The van der Waals surface area contributed by atoms with Crippen molar-refractivity contribution in [3.05, 3.63) is 92.1 Å². The maximum absolute atomic E-state index is 14.4. The second kappa shape index (κ2) is 7.53. The van der Waals surface area contributed by atoms with Gasteiger partial charge in [0.05, 0.1) is 11.3 Å². The molecule has 0 radical (unpaired) electrons. The Morgan fingerprint density at radius 1 is 0.853 bits per heavy atom. The van der Waals surface area contributed by atoms with E-state index in [0.717, 1.165) is 48.5 Å². The number of halogens is 8. The number of amidine groups is 1. The van der Waals surface area contributed by atoms with Crippen LogP contribution in [0.1, 0.15) is 11.1 Å². The highest BCUT2D eigenvalue weighted by molar-refractivity contribution is 6.10. The maximum Gasteiger partial charge on any atom is 0.427 e. The molecule has 2 heterocycles. The van der Waals surface area contributed by atoms with Crippen LogP contribution in [0.25, 0.3) is 5.69 Å². The smallest absolute Gasteiger partial charge is 0.325 e. The highest BCUT2D eigenvalue weighted by atomic mass is 19.4. The van der Waals surface area contributed by atoms with Gasteiger partial charge in [-0.25, -0.2) is 23.1 Å². The van der Waals surface area contributed by atoms with Gasteiger partial charge in [-0.3, -0.25) is 9.78 Å². The number of alkyl halides is 6. The Balaban J connectivity index is 2.20. The quantitative estimate of drug-likeness (QED) is 0.534. The van der Waals surface area contributed by atoms with Gasteiger partial charge in [-0.15, -0.1) is 0 Å². The number of nitrogens with zero attached hydrogens (tertiary/aromatic N) is 2. The van der Waals surface area contributed by atoms with Gasteiger partial charge in [0.15, 0.2) is 0 Å². The Hall–Kier alpha value is -3.97. The zero-order chi connectivity index (χ0) is 25.1. The van der Waals surface area contributed by atoms with Crippen LogP contribution in [-0.4, -0.2) is 27.7 Å². The van der Waals surface area contributed by atoms with Gasteiger partial charge < -0.3 is 5.32 Å². The summed E-state index contributed by atoms with van der Waals surface area (Å²) in [5.74, 6) is -4.54. The number of aliphatic imine (C=N–C) groups is 1. The minimum Gasteiger partial charge on any atom is -0.325 e. The number of benzene rings is 2. The molecule has 4 rings (SSSR count). The molecule has 178 valence electrons. The summed E-state index contributed by atoms with van der Waals surface area (Å²) in [7, 11) is 0. The molecule has 1 aliphatic rings. The van der Waals surface area contributed by atoms with Crippen LogP contribution in [0.4, 0.5) is 40.9 Å². The normalized spacial score (nSPS) is 15.4. The molecule has 2 N–H and O–H groups in total. The second-order valence-corrected chi connectivity index (χ2v) is 7.07. The molecule has 2 aromatic carbocycles. The predicted molar refractivity (Wildman–Crippen MR) is 103 cm³/mol. The molecule has 0 spiro atoms. The molecule has 14 heteroatoms. The van der Waals surface area contributed by atoms with Crippen molar-refractivity contribution in [2.24, 2.45) is 4.99 Å². The van der Waals surface area contributed by atoms with Gasteiger partial charge in [-0.05, 0) is 36.4 Å². The molecule has 0 aliphatic carbocycles. The standard InChI is InChI=1S/C20H10F8N4O2/c21-9-5-7-10(8-6-9)32-15-13(16(33)30-17(32)34)18(19(23,24)25,20(26,27)28)31-14(29-15)11-3-1-2-4-12(11)22/h1-8H,(H,29,31)(H,30,33,34). The second-order valence-electron chi connectivity index (χ2n) is 7.07. The first-order chi connectivity index (χ1) is 15.8. The third-order valence-corrected chi connectivity index (χ3v) is 5.02. The van der Waals surface area contributed by atoms with E-state index in [1.54, 1.807) is 0 Å². The van der Waals surface area contributed by atoms with Crippen LogP contribution < -0.4 is 16.6 Å². The van der Waals surface area contributed by atoms with E-state index in [1.807, 2.05) is 0 Å². The number of fused-ring (bicyclic) bond motifs is 1. The van der Waals surface area contributed by atoms with Crippen molar-refractivity contribution in [2.75, 3.05) is 5.32 Å². The molecule has 34 heavy (non-hydrogen) atoms. The van der Waals surface area contributed by atoms with E-state index in [9.17, 15) is 44.7 Å². The molecule has 0 fully saturated rings. The topological polar surface area (TPSA) is 79.2 Å². The van der Waals surface area contributed by atoms with Gasteiger partial charge in [-0.1, -0.05) is 12.1 Å². The van der Waals surface area contributed by atoms with Crippen LogP contribution in [0.5, 0.6) is 0 Å². The number of H-pyrrole nitrogens is 1. The number of anilines is 1. The zero-order valence-electron chi connectivity index (χ0n) is 16.4. The van der Waals surface area contributed by atoms with E-state index < -0.39 is 63.6 Å². The Morgan fingerprint density at radius 2 is 1.44 bits per heavy atom. The minimum absolute atomic E-state index is 0.276. The average Bonchev–Trinajstić information content (AvgIpc) is 2.73. The van der Waals surface area contributed by atoms with Crippen LogP contribution >= 0.6 is 0 Å². The first-order valence-electron chi connectivity index (χ1n) is 9.19. The molecule has 0 unspecified atom stereocenters. The first kappa shape index (κ1) is 23.2. The molecule has 0 saturated carbocycles. The van der Waals surface area contributed by atoms with Gasteiger partial charge in [-0.2, -0.15) is 26.3 Å². The van der Waals surface area contributed by atoms with Crippen molar-refractivity contribution in [3.63, 3.8) is 0 Å². The Bertz CT molecular complexity index is 1400. The minimum atomic E-state index is -6.25. The Labute approximate surface area is 183 Å². The zero-order valence-corrected chi connectivity index (χ0v) is 16.4. The summed E-state index contributed by atoms with van der Waals surface area (Å²) in [6.07, 6.45) is -12.5. The van der Waals surface area contributed by atoms with Crippen molar-refractivity contribution in [1.29, 1.82) is 0 Å². The molecule has 0 amide bonds. The summed E-state index contributed by atoms with van der Waals surface area (Å²) in [4.78, 5) is 29.2. The predicted octanol–water partition coefficient (Wildman–Crippen LogP) is 4.00. The fraction of sp³-hybridized carbons (Fsp3) is 0.150. The highest BCUT2D eigenvalue weighted by Gasteiger charge is 2.75. The van der Waals surface area contributed by atoms with Crippen molar-refractivity contribution in [2.45, 2.75) is 17.9 Å². The van der Waals surface area contributed by atoms with E-state index >= 15 is 0 Å². The summed E-state index contributed by atoms with van der Waals surface area (Å²) in [5.41, 5.74) is -11.8. The number of hydrogen-bond acceptors (Lipinski definition) is 4. The van der Waals surface area contributed by atoms with E-state index in [-0.39, 0.29) is 10.3 Å². The van der Waals surface area contributed by atoms with Crippen LogP contribution in [0.3, 0.4) is 0 Å². The van der Waals surface area contributed by atoms with E-state index in [0.29, 0.717) is 0 Å². The number of nitrogens with one attached hydrogen (secondary N) is 2. The molecule has 1 aliphatic heterocycles. The Kier molecular flexibility index (Phi) is 5.14. The summed E-state index contributed by atoms with van der Waals surface area (Å²) in [6.45, 7) is 0. The molecule has 0 atom stereocenters. The lowest BCUT2D eigenvalue weighted by molar-refractivity contribution is -0.301. The number of rotatable bonds is 2. The lowest BCUT2D eigenvalue weighted by Crippen LogP contribution is -2.59. The summed E-state index contributed by atoms with van der Waals surface area (Å²) in [5, 5.41) is 2.08.